The van der Waals surface area contributed by atoms with Gasteiger partial charge in [0.15, 0.2) is 0 Å². The van der Waals surface area contributed by atoms with Crippen molar-refractivity contribution >= 4 is 34.8 Å². The number of aryl methyl sites for hydroxylation is 2. The highest BCUT2D eigenvalue weighted by molar-refractivity contribution is 6.30. The van der Waals surface area contributed by atoms with Gasteiger partial charge in [0, 0.05) is 22.9 Å². The largest absolute Gasteiger partial charge is 0.325 e. The molecule has 5 heteroatoms. The number of rotatable bonds is 3. The van der Waals surface area contributed by atoms with E-state index in [1.807, 2.05) is 31.2 Å². The zero-order valence-corrected chi connectivity index (χ0v) is 16.1. The molecule has 0 saturated carbocycles. The van der Waals surface area contributed by atoms with E-state index in [2.05, 4.69) is 5.32 Å². The van der Waals surface area contributed by atoms with Crippen molar-refractivity contribution in [2.24, 2.45) is 5.41 Å². The smallest absolute Gasteiger partial charge is 0.242 e. The molecule has 0 aromatic heterocycles. The van der Waals surface area contributed by atoms with Crippen molar-refractivity contribution in [2.45, 2.75) is 33.6 Å². The van der Waals surface area contributed by atoms with Gasteiger partial charge in [-0.3, -0.25) is 9.59 Å². The SMILES string of the molecule is Cc1cc(Cl)ccc1NC(=O)C(C)(C)C(=O)N1CCCc2ccccc21. The number of anilines is 2. The second-order valence-electron chi connectivity index (χ2n) is 7.23. The summed E-state index contributed by atoms with van der Waals surface area (Å²) < 4.78 is 0. The number of carbonyl (C=O) groups excluding carboxylic acids is 2. The number of nitrogens with one attached hydrogen (secondary N) is 1. The molecule has 2 amide bonds. The number of para-hydroxylation sites is 1. The highest BCUT2D eigenvalue weighted by Crippen LogP contribution is 2.32. The van der Waals surface area contributed by atoms with Crippen molar-refractivity contribution in [1.29, 1.82) is 0 Å². The average Bonchev–Trinajstić information content (AvgIpc) is 2.62. The molecule has 1 heterocycles. The summed E-state index contributed by atoms with van der Waals surface area (Å²) in [7, 11) is 0. The van der Waals surface area contributed by atoms with Crippen LogP contribution in [0.1, 0.15) is 31.4 Å². The monoisotopic (exact) mass is 370 g/mol. The van der Waals surface area contributed by atoms with Gasteiger partial charge >= 0.3 is 0 Å². The van der Waals surface area contributed by atoms with E-state index in [4.69, 9.17) is 11.6 Å². The van der Waals surface area contributed by atoms with Gasteiger partial charge in [-0.1, -0.05) is 29.8 Å². The topological polar surface area (TPSA) is 49.4 Å². The Morgan fingerprint density at radius 1 is 1.15 bits per heavy atom. The lowest BCUT2D eigenvalue weighted by molar-refractivity contribution is -0.136. The maximum absolute atomic E-state index is 13.2. The van der Waals surface area contributed by atoms with E-state index in [0.717, 1.165) is 29.7 Å². The summed E-state index contributed by atoms with van der Waals surface area (Å²) in [5, 5.41) is 3.49. The van der Waals surface area contributed by atoms with Crippen molar-refractivity contribution < 1.29 is 9.59 Å². The van der Waals surface area contributed by atoms with Gasteiger partial charge in [-0.2, -0.15) is 0 Å². The lowest BCUT2D eigenvalue weighted by atomic mass is 9.88. The van der Waals surface area contributed by atoms with Crippen molar-refractivity contribution in [3.05, 3.63) is 58.6 Å². The first-order valence-corrected chi connectivity index (χ1v) is 9.16. The number of hydrogen-bond acceptors (Lipinski definition) is 2. The van der Waals surface area contributed by atoms with E-state index in [1.165, 1.54) is 0 Å². The standard InChI is InChI=1S/C21H23ClN2O2/c1-14-13-16(22)10-11-17(14)23-19(25)21(2,3)20(26)24-12-6-8-15-7-4-5-9-18(15)24/h4-5,7,9-11,13H,6,8,12H2,1-3H3,(H,23,25). The Balaban J connectivity index is 1.83. The first kappa shape index (κ1) is 18.5. The van der Waals surface area contributed by atoms with Crippen LogP contribution in [0.25, 0.3) is 0 Å². The Hall–Kier alpha value is -2.33. The predicted molar refractivity (Wildman–Crippen MR) is 106 cm³/mol. The number of amides is 2. The molecule has 2 aromatic rings. The van der Waals surface area contributed by atoms with Crippen LogP contribution in [0.3, 0.4) is 0 Å². The minimum absolute atomic E-state index is 0.186. The van der Waals surface area contributed by atoms with Crippen LogP contribution in [0.4, 0.5) is 11.4 Å². The molecule has 136 valence electrons. The molecule has 0 fully saturated rings. The Labute approximate surface area is 159 Å². The fourth-order valence-electron chi connectivity index (χ4n) is 3.22. The summed E-state index contributed by atoms with van der Waals surface area (Å²) in [6.07, 6.45) is 1.85. The van der Waals surface area contributed by atoms with Gasteiger partial charge in [0.1, 0.15) is 5.41 Å². The molecule has 0 unspecified atom stereocenters. The van der Waals surface area contributed by atoms with E-state index >= 15 is 0 Å². The van der Waals surface area contributed by atoms with Crippen LogP contribution in [0, 0.1) is 12.3 Å². The van der Waals surface area contributed by atoms with Gasteiger partial charge < -0.3 is 10.2 Å². The molecule has 1 N–H and O–H groups in total. The highest BCUT2D eigenvalue weighted by Gasteiger charge is 2.40. The molecule has 2 aromatic carbocycles. The third-order valence-corrected chi connectivity index (χ3v) is 5.13. The lowest BCUT2D eigenvalue weighted by Gasteiger charge is -2.35. The third kappa shape index (κ3) is 3.47. The van der Waals surface area contributed by atoms with Crippen molar-refractivity contribution in [1.82, 2.24) is 0 Å². The Morgan fingerprint density at radius 2 is 1.88 bits per heavy atom. The van der Waals surface area contributed by atoms with Crippen LogP contribution in [0.5, 0.6) is 0 Å². The van der Waals surface area contributed by atoms with E-state index in [0.29, 0.717) is 17.3 Å². The first-order chi connectivity index (χ1) is 12.3. The molecule has 26 heavy (non-hydrogen) atoms. The number of benzene rings is 2. The van der Waals surface area contributed by atoms with E-state index in [1.54, 1.807) is 36.9 Å². The predicted octanol–water partition coefficient (Wildman–Crippen LogP) is 4.59. The van der Waals surface area contributed by atoms with Gasteiger partial charge in [-0.25, -0.2) is 0 Å². The normalized spacial score (nSPS) is 13.9. The third-order valence-electron chi connectivity index (χ3n) is 4.89. The molecular formula is C21H23ClN2O2. The lowest BCUT2D eigenvalue weighted by Crippen LogP contribution is -2.49. The number of fused-ring (bicyclic) bond motifs is 1. The van der Waals surface area contributed by atoms with Crippen molar-refractivity contribution in [2.75, 3.05) is 16.8 Å². The molecule has 0 atom stereocenters. The molecular weight excluding hydrogens is 348 g/mol. The number of halogens is 1. The van der Waals surface area contributed by atoms with Crippen LogP contribution >= 0.6 is 11.6 Å². The molecule has 4 nitrogen and oxygen atoms in total. The molecule has 0 spiro atoms. The van der Waals surface area contributed by atoms with Crippen LogP contribution < -0.4 is 10.2 Å². The first-order valence-electron chi connectivity index (χ1n) is 8.78. The van der Waals surface area contributed by atoms with E-state index < -0.39 is 5.41 Å². The number of carbonyl (C=O) groups is 2. The Bertz CT molecular complexity index is 861. The average molecular weight is 371 g/mol. The molecule has 0 aliphatic carbocycles. The highest BCUT2D eigenvalue weighted by atomic mass is 35.5. The summed E-state index contributed by atoms with van der Waals surface area (Å²) in [5.74, 6) is -0.509. The van der Waals surface area contributed by atoms with Crippen molar-refractivity contribution in [3.8, 4) is 0 Å². The number of nitrogens with zero attached hydrogens (tertiary/aromatic N) is 1. The molecule has 1 aliphatic rings. The fourth-order valence-corrected chi connectivity index (χ4v) is 3.45. The van der Waals surface area contributed by atoms with Gasteiger partial charge in [0.05, 0.1) is 0 Å². The summed E-state index contributed by atoms with van der Waals surface area (Å²) >= 11 is 5.97. The molecule has 3 rings (SSSR count). The van der Waals surface area contributed by atoms with Crippen LogP contribution in [0.15, 0.2) is 42.5 Å². The van der Waals surface area contributed by atoms with Gasteiger partial charge in [0.25, 0.3) is 0 Å². The molecule has 0 bridgehead atoms. The summed E-state index contributed by atoms with van der Waals surface area (Å²) in [6, 6.07) is 13.2. The van der Waals surface area contributed by atoms with Gasteiger partial charge in [-0.05, 0) is 69.0 Å². The zero-order chi connectivity index (χ0) is 18.9. The Morgan fingerprint density at radius 3 is 2.62 bits per heavy atom. The minimum atomic E-state index is -1.18. The summed E-state index contributed by atoms with van der Waals surface area (Å²) in [6.45, 7) is 5.85. The van der Waals surface area contributed by atoms with Gasteiger partial charge in [-0.15, -0.1) is 0 Å². The summed E-state index contributed by atoms with van der Waals surface area (Å²) in [4.78, 5) is 27.8. The second-order valence-corrected chi connectivity index (χ2v) is 7.66. The van der Waals surface area contributed by atoms with Crippen LogP contribution in [-0.4, -0.2) is 18.4 Å². The summed E-state index contributed by atoms with van der Waals surface area (Å²) in [5.41, 5.74) is 2.40. The zero-order valence-electron chi connectivity index (χ0n) is 15.3. The fraction of sp³-hybridized carbons (Fsp3) is 0.333. The molecule has 0 radical (unpaired) electrons. The van der Waals surface area contributed by atoms with E-state index in [-0.39, 0.29) is 11.8 Å². The van der Waals surface area contributed by atoms with Crippen LogP contribution in [0.2, 0.25) is 5.02 Å². The quantitative estimate of drug-likeness (QED) is 0.803. The minimum Gasteiger partial charge on any atom is -0.325 e. The van der Waals surface area contributed by atoms with Crippen LogP contribution in [-0.2, 0) is 16.0 Å². The maximum Gasteiger partial charge on any atom is 0.242 e. The Kier molecular flexibility index (Phi) is 5.05. The van der Waals surface area contributed by atoms with E-state index in [9.17, 15) is 9.59 Å². The second kappa shape index (κ2) is 7.12. The van der Waals surface area contributed by atoms with Crippen molar-refractivity contribution in [3.63, 3.8) is 0 Å². The molecule has 0 saturated heterocycles. The number of hydrogen-bond donors (Lipinski definition) is 1. The maximum atomic E-state index is 13.2. The van der Waals surface area contributed by atoms with Gasteiger partial charge in [0.2, 0.25) is 11.8 Å². The molecule has 1 aliphatic heterocycles.